The summed E-state index contributed by atoms with van der Waals surface area (Å²) in [6.07, 6.45) is 0. The van der Waals surface area contributed by atoms with E-state index in [1.165, 1.54) is 5.56 Å². The third-order valence-electron chi connectivity index (χ3n) is 3.30. The minimum atomic E-state index is -0.137. The smallest absolute Gasteiger partial charge is 0.256 e. The topological polar surface area (TPSA) is 57.8 Å². The number of anilines is 1. The van der Waals surface area contributed by atoms with E-state index in [4.69, 9.17) is 0 Å². The Morgan fingerprint density at radius 1 is 1.10 bits per heavy atom. The summed E-state index contributed by atoms with van der Waals surface area (Å²) in [4.78, 5) is 12.1. The molecule has 0 aliphatic heterocycles. The maximum Gasteiger partial charge on any atom is 0.256 e. The lowest BCUT2D eigenvalue weighted by atomic mass is 10.0. The SMILES string of the molecule is CC(C)c1ccc(C(=O)Nc2cc(C(C)C)[nH]n2)cc1. The third-order valence-corrected chi connectivity index (χ3v) is 3.30. The molecular weight excluding hydrogens is 250 g/mol. The van der Waals surface area contributed by atoms with Crippen molar-refractivity contribution in [2.24, 2.45) is 0 Å². The quantitative estimate of drug-likeness (QED) is 0.885. The van der Waals surface area contributed by atoms with E-state index in [0.29, 0.717) is 23.2 Å². The van der Waals surface area contributed by atoms with Gasteiger partial charge >= 0.3 is 0 Å². The highest BCUT2D eigenvalue weighted by Crippen LogP contribution is 2.17. The molecule has 2 N–H and O–H groups in total. The van der Waals surface area contributed by atoms with Crippen molar-refractivity contribution in [3.05, 3.63) is 47.2 Å². The number of nitrogens with one attached hydrogen (secondary N) is 2. The van der Waals surface area contributed by atoms with Crippen LogP contribution >= 0.6 is 0 Å². The number of amides is 1. The second kappa shape index (κ2) is 5.90. The van der Waals surface area contributed by atoms with Crippen LogP contribution in [-0.4, -0.2) is 16.1 Å². The summed E-state index contributed by atoms with van der Waals surface area (Å²) < 4.78 is 0. The van der Waals surface area contributed by atoms with Gasteiger partial charge in [-0.05, 0) is 29.5 Å². The molecule has 0 saturated carbocycles. The van der Waals surface area contributed by atoms with Crippen molar-refractivity contribution in [3.8, 4) is 0 Å². The fraction of sp³-hybridized carbons (Fsp3) is 0.375. The van der Waals surface area contributed by atoms with E-state index in [2.05, 4.69) is 43.2 Å². The lowest BCUT2D eigenvalue weighted by Crippen LogP contribution is -2.12. The molecule has 0 saturated heterocycles. The predicted molar refractivity (Wildman–Crippen MR) is 81.2 cm³/mol. The first-order chi connectivity index (χ1) is 9.47. The Morgan fingerprint density at radius 2 is 1.75 bits per heavy atom. The Bertz CT molecular complexity index is 582. The number of rotatable bonds is 4. The van der Waals surface area contributed by atoms with Crippen molar-refractivity contribution in [1.29, 1.82) is 0 Å². The van der Waals surface area contributed by atoms with Gasteiger partial charge in [-0.2, -0.15) is 5.10 Å². The van der Waals surface area contributed by atoms with Crippen LogP contribution < -0.4 is 5.32 Å². The average molecular weight is 271 g/mol. The van der Waals surface area contributed by atoms with Gasteiger partial charge in [0.05, 0.1) is 0 Å². The number of aromatic nitrogens is 2. The van der Waals surface area contributed by atoms with Crippen LogP contribution in [0.5, 0.6) is 0 Å². The molecule has 0 aliphatic carbocycles. The molecule has 0 spiro atoms. The van der Waals surface area contributed by atoms with Gasteiger partial charge in [-0.1, -0.05) is 39.8 Å². The molecule has 4 heteroatoms. The van der Waals surface area contributed by atoms with Crippen LogP contribution in [0.1, 0.15) is 61.1 Å². The summed E-state index contributed by atoms with van der Waals surface area (Å²) in [7, 11) is 0. The largest absolute Gasteiger partial charge is 0.305 e. The highest BCUT2D eigenvalue weighted by atomic mass is 16.1. The van der Waals surface area contributed by atoms with Crippen LogP contribution in [0.3, 0.4) is 0 Å². The highest BCUT2D eigenvalue weighted by molar-refractivity contribution is 6.03. The molecule has 20 heavy (non-hydrogen) atoms. The van der Waals surface area contributed by atoms with E-state index in [-0.39, 0.29) is 5.91 Å². The maximum atomic E-state index is 12.1. The number of benzene rings is 1. The van der Waals surface area contributed by atoms with Gasteiger partial charge in [0.2, 0.25) is 0 Å². The lowest BCUT2D eigenvalue weighted by molar-refractivity contribution is 0.102. The number of aromatic amines is 1. The fourth-order valence-electron chi connectivity index (χ4n) is 1.90. The average Bonchev–Trinajstić information content (AvgIpc) is 2.87. The number of carbonyl (C=O) groups is 1. The fourth-order valence-corrected chi connectivity index (χ4v) is 1.90. The standard InChI is InChI=1S/C16H21N3O/c1-10(2)12-5-7-13(8-6-12)16(20)17-15-9-14(11(3)4)18-19-15/h5-11H,1-4H3,(H2,17,18,19,20). The Balaban J connectivity index is 2.07. The van der Waals surface area contributed by atoms with Crippen molar-refractivity contribution in [1.82, 2.24) is 10.2 Å². The number of carbonyl (C=O) groups excluding carboxylic acids is 1. The summed E-state index contributed by atoms with van der Waals surface area (Å²) in [5.74, 6) is 1.25. The van der Waals surface area contributed by atoms with Crippen molar-refractivity contribution in [2.45, 2.75) is 39.5 Å². The van der Waals surface area contributed by atoms with E-state index >= 15 is 0 Å². The molecule has 2 rings (SSSR count). The van der Waals surface area contributed by atoms with Crippen molar-refractivity contribution < 1.29 is 4.79 Å². The van der Waals surface area contributed by atoms with Gasteiger partial charge in [-0.25, -0.2) is 0 Å². The Kier molecular flexibility index (Phi) is 4.23. The highest BCUT2D eigenvalue weighted by Gasteiger charge is 2.10. The van der Waals surface area contributed by atoms with Gasteiger partial charge in [-0.3, -0.25) is 9.89 Å². The zero-order valence-corrected chi connectivity index (χ0v) is 12.4. The zero-order valence-electron chi connectivity index (χ0n) is 12.4. The van der Waals surface area contributed by atoms with E-state index in [1.54, 1.807) is 0 Å². The Hall–Kier alpha value is -2.10. The second-order valence-electron chi connectivity index (χ2n) is 5.59. The van der Waals surface area contributed by atoms with Crippen LogP contribution in [0.4, 0.5) is 5.82 Å². The minimum Gasteiger partial charge on any atom is -0.305 e. The molecule has 0 fully saturated rings. The molecule has 106 valence electrons. The van der Waals surface area contributed by atoms with Crippen LogP contribution in [-0.2, 0) is 0 Å². The molecule has 1 aromatic heterocycles. The first-order valence-corrected chi connectivity index (χ1v) is 6.94. The zero-order chi connectivity index (χ0) is 14.7. The molecule has 0 atom stereocenters. The van der Waals surface area contributed by atoms with E-state index in [9.17, 15) is 4.79 Å². The van der Waals surface area contributed by atoms with Gasteiger partial charge in [-0.15, -0.1) is 0 Å². The monoisotopic (exact) mass is 271 g/mol. The normalized spacial score (nSPS) is 11.1. The summed E-state index contributed by atoms with van der Waals surface area (Å²) in [5.41, 5.74) is 2.88. The van der Waals surface area contributed by atoms with E-state index < -0.39 is 0 Å². The molecule has 0 bridgehead atoms. The van der Waals surface area contributed by atoms with Crippen LogP contribution in [0.15, 0.2) is 30.3 Å². The van der Waals surface area contributed by atoms with Crippen molar-refractivity contribution in [3.63, 3.8) is 0 Å². The van der Waals surface area contributed by atoms with Crippen molar-refractivity contribution >= 4 is 11.7 Å². The molecule has 0 radical (unpaired) electrons. The van der Waals surface area contributed by atoms with Gasteiger partial charge in [0.15, 0.2) is 5.82 Å². The van der Waals surface area contributed by atoms with Crippen LogP contribution in [0.25, 0.3) is 0 Å². The molecule has 0 aliphatic rings. The van der Waals surface area contributed by atoms with E-state index in [1.807, 2.05) is 30.3 Å². The third kappa shape index (κ3) is 3.26. The molecule has 2 aromatic rings. The lowest BCUT2D eigenvalue weighted by Gasteiger charge is -2.06. The molecule has 1 heterocycles. The maximum absolute atomic E-state index is 12.1. The molecule has 1 aromatic carbocycles. The first kappa shape index (κ1) is 14.3. The second-order valence-corrected chi connectivity index (χ2v) is 5.59. The number of hydrogen-bond donors (Lipinski definition) is 2. The van der Waals surface area contributed by atoms with Crippen LogP contribution in [0, 0.1) is 0 Å². The summed E-state index contributed by atoms with van der Waals surface area (Å²) in [6.45, 7) is 8.41. The van der Waals surface area contributed by atoms with Gasteiger partial charge in [0.25, 0.3) is 5.91 Å². The first-order valence-electron chi connectivity index (χ1n) is 6.94. The minimum absolute atomic E-state index is 0.137. The predicted octanol–water partition coefficient (Wildman–Crippen LogP) is 3.91. The van der Waals surface area contributed by atoms with Crippen LogP contribution in [0.2, 0.25) is 0 Å². The van der Waals surface area contributed by atoms with Gasteiger partial charge in [0.1, 0.15) is 0 Å². The van der Waals surface area contributed by atoms with Gasteiger partial charge < -0.3 is 5.32 Å². The summed E-state index contributed by atoms with van der Waals surface area (Å²) in [5, 5.41) is 9.81. The molecule has 0 unspecified atom stereocenters. The Morgan fingerprint density at radius 3 is 2.25 bits per heavy atom. The summed E-state index contributed by atoms with van der Waals surface area (Å²) in [6, 6.07) is 9.54. The van der Waals surface area contributed by atoms with Gasteiger partial charge in [0, 0.05) is 17.3 Å². The number of H-pyrrole nitrogens is 1. The molecule has 1 amide bonds. The van der Waals surface area contributed by atoms with E-state index in [0.717, 1.165) is 5.69 Å². The molecule has 4 nitrogen and oxygen atoms in total. The van der Waals surface area contributed by atoms with Crippen molar-refractivity contribution in [2.75, 3.05) is 5.32 Å². The Labute approximate surface area is 119 Å². The summed E-state index contributed by atoms with van der Waals surface area (Å²) >= 11 is 0. The molecular formula is C16H21N3O. The number of hydrogen-bond acceptors (Lipinski definition) is 2. The number of nitrogens with zero attached hydrogens (tertiary/aromatic N) is 1.